The number of sulfonamides is 1. The van der Waals surface area contributed by atoms with Crippen molar-refractivity contribution in [3.8, 4) is 11.5 Å². The fraction of sp³-hybridized carbons (Fsp3) is 0.571. The van der Waals surface area contributed by atoms with Gasteiger partial charge >= 0.3 is 6.18 Å². The van der Waals surface area contributed by atoms with Gasteiger partial charge in [0.2, 0.25) is 16.8 Å². The van der Waals surface area contributed by atoms with Gasteiger partial charge in [-0.05, 0) is 12.1 Å². The lowest BCUT2D eigenvalue weighted by Crippen LogP contribution is -2.57. The van der Waals surface area contributed by atoms with E-state index in [0.29, 0.717) is 18.8 Å². The Morgan fingerprint density at radius 3 is 2.56 bits per heavy atom. The van der Waals surface area contributed by atoms with Gasteiger partial charge in [-0.25, -0.2) is 13.1 Å². The molecule has 2 N–H and O–H groups in total. The number of benzene rings is 1. The van der Waals surface area contributed by atoms with Gasteiger partial charge in [-0.2, -0.15) is 13.2 Å². The van der Waals surface area contributed by atoms with Crippen molar-refractivity contribution in [1.82, 2.24) is 14.9 Å². The molecular formula is C14H18F3N3O4S. The third-order valence-electron chi connectivity index (χ3n) is 4.09. The van der Waals surface area contributed by atoms with Crippen molar-refractivity contribution in [2.75, 3.05) is 39.5 Å². The molecule has 0 saturated carbocycles. The predicted octanol–water partition coefficient (Wildman–Crippen LogP) is 0.530. The minimum absolute atomic E-state index is 0.0224. The van der Waals surface area contributed by atoms with Crippen LogP contribution in [0.4, 0.5) is 13.2 Å². The number of ether oxygens (including phenoxy) is 2. The quantitative estimate of drug-likeness (QED) is 0.775. The van der Waals surface area contributed by atoms with Crippen LogP contribution in [0.15, 0.2) is 23.1 Å². The molecule has 0 radical (unpaired) electrons. The zero-order chi connectivity index (χ0) is 18.1. The number of rotatable bonds is 5. The van der Waals surface area contributed by atoms with E-state index < -0.39 is 28.8 Å². The lowest BCUT2D eigenvalue weighted by molar-refractivity contribution is -0.182. The van der Waals surface area contributed by atoms with Gasteiger partial charge in [0, 0.05) is 38.8 Å². The Kier molecular flexibility index (Phi) is 5.09. The van der Waals surface area contributed by atoms with Gasteiger partial charge in [0.05, 0.1) is 4.90 Å². The van der Waals surface area contributed by atoms with Crippen LogP contribution in [0.3, 0.4) is 0 Å². The van der Waals surface area contributed by atoms with E-state index in [1.54, 1.807) is 0 Å². The summed E-state index contributed by atoms with van der Waals surface area (Å²) in [5, 5.41) is 2.97. The second-order valence-corrected chi connectivity index (χ2v) is 7.48. The van der Waals surface area contributed by atoms with Crippen molar-refractivity contribution in [3.05, 3.63) is 18.2 Å². The molecule has 3 rings (SSSR count). The standard InChI is InChI=1S/C14H18F3N3O4S/c15-14(16,17)13(20-5-3-18-4-6-20)8-19-25(21,22)10-1-2-11-12(7-10)24-9-23-11/h1-2,7,13,18-19H,3-6,8-9H2. The van der Waals surface area contributed by atoms with Crippen LogP contribution in [0.2, 0.25) is 0 Å². The topological polar surface area (TPSA) is 79.9 Å². The number of nitrogens with zero attached hydrogens (tertiary/aromatic N) is 1. The van der Waals surface area contributed by atoms with Gasteiger partial charge in [0.1, 0.15) is 6.04 Å². The maximum atomic E-state index is 13.3. The fourth-order valence-corrected chi connectivity index (χ4v) is 3.81. The van der Waals surface area contributed by atoms with E-state index in [0.717, 1.165) is 0 Å². The molecule has 1 fully saturated rings. The lowest BCUT2D eigenvalue weighted by atomic mass is 10.2. The molecule has 11 heteroatoms. The number of hydrogen-bond donors (Lipinski definition) is 2. The molecule has 0 amide bonds. The van der Waals surface area contributed by atoms with Crippen LogP contribution in [0.25, 0.3) is 0 Å². The summed E-state index contributed by atoms with van der Waals surface area (Å²) in [5.74, 6) is 0.644. The molecule has 1 atom stereocenters. The van der Waals surface area contributed by atoms with Crippen molar-refractivity contribution >= 4 is 10.0 Å². The molecule has 2 heterocycles. The average molecular weight is 381 g/mol. The third kappa shape index (κ3) is 4.17. The Hall–Kier alpha value is -1.56. The van der Waals surface area contributed by atoms with Crippen LogP contribution >= 0.6 is 0 Å². The molecule has 1 saturated heterocycles. The third-order valence-corrected chi connectivity index (χ3v) is 5.51. The Bertz CT molecular complexity index is 721. The van der Waals surface area contributed by atoms with E-state index in [4.69, 9.17) is 9.47 Å². The largest absolute Gasteiger partial charge is 0.454 e. The second kappa shape index (κ2) is 6.98. The number of nitrogens with one attached hydrogen (secondary N) is 2. The first-order chi connectivity index (χ1) is 11.8. The van der Waals surface area contributed by atoms with Crippen LogP contribution in [0.1, 0.15) is 0 Å². The van der Waals surface area contributed by atoms with Crippen molar-refractivity contribution < 1.29 is 31.1 Å². The molecule has 1 aromatic carbocycles. The summed E-state index contributed by atoms with van der Waals surface area (Å²) >= 11 is 0. The van der Waals surface area contributed by atoms with Gasteiger partial charge in [-0.15, -0.1) is 0 Å². The van der Waals surface area contributed by atoms with E-state index in [9.17, 15) is 21.6 Å². The summed E-state index contributed by atoms with van der Waals surface area (Å²) in [4.78, 5) is 1.07. The normalized spacial score (nSPS) is 19.8. The molecule has 0 aliphatic carbocycles. The molecule has 2 aliphatic heterocycles. The summed E-state index contributed by atoms with van der Waals surface area (Å²) in [7, 11) is -4.10. The van der Waals surface area contributed by atoms with Crippen LogP contribution in [0, 0.1) is 0 Å². The zero-order valence-corrected chi connectivity index (χ0v) is 14.0. The average Bonchev–Trinajstić information content (AvgIpc) is 3.02. The van der Waals surface area contributed by atoms with Crippen LogP contribution in [-0.4, -0.2) is 65.1 Å². The summed E-state index contributed by atoms with van der Waals surface area (Å²) in [6, 6.07) is 2.04. The lowest BCUT2D eigenvalue weighted by Gasteiger charge is -2.35. The molecular weight excluding hydrogens is 363 g/mol. The smallest absolute Gasteiger partial charge is 0.405 e. The molecule has 1 unspecified atom stereocenters. The fourth-order valence-electron chi connectivity index (χ4n) is 2.76. The van der Waals surface area contributed by atoms with Gasteiger partial charge < -0.3 is 14.8 Å². The van der Waals surface area contributed by atoms with Gasteiger partial charge in [-0.3, -0.25) is 4.90 Å². The minimum Gasteiger partial charge on any atom is -0.454 e. The summed E-state index contributed by atoms with van der Waals surface area (Å²) in [5.41, 5.74) is 0. The Morgan fingerprint density at radius 1 is 1.20 bits per heavy atom. The Balaban J connectivity index is 1.72. The van der Waals surface area contributed by atoms with Crippen molar-refractivity contribution in [2.24, 2.45) is 0 Å². The summed E-state index contributed by atoms with van der Waals surface area (Å²) < 4.78 is 76.9. The maximum Gasteiger partial charge on any atom is 0.405 e. The van der Waals surface area contributed by atoms with Crippen LogP contribution in [0.5, 0.6) is 11.5 Å². The first-order valence-corrected chi connectivity index (χ1v) is 9.16. The van der Waals surface area contributed by atoms with Crippen molar-refractivity contribution in [1.29, 1.82) is 0 Å². The maximum absolute atomic E-state index is 13.3. The van der Waals surface area contributed by atoms with Gasteiger partial charge in [-0.1, -0.05) is 0 Å². The highest BCUT2D eigenvalue weighted by atomic mass is 32.2. The number of alkyl halides is 3. The summed E-state index contributed by atoms with van der Waals surface area (Å²) in [6.07, 6.45) is -4.53. The van der Waals surface area contributed by atoms with Gasteiger partial charge in [0.15, 0.2) is 11.5 Å². The molecule has 0 aromatic heterocycles. The first-order valence-electron chi connectivity index (χ1n) is 7.68. The predicted molar refractivity (Wildman–Crippen MR) is 82.0 cm³/mol. The molecule has 1 aromatic rings. The van der Waals surface area contributed by atoms with E-state index >= 15 is 0 Å². The highest BCUT2D eigenvalue weighted by molar-refractivity contribution is 7.89. The van der Waals surface area contributed by atoms with E-state index in [2.05, 4.69) is 10.0 Å². The van der Waals surface area contributed by atoms with E-state index in [1.807, 2.05) is 0 Å². The number of hydrogen-bond acceptors (Lipinski definition) is 6. The molecule has 7 nitrogen and oxygen atoms in total. The first kappa shape index (κ1) is 18.2. The molecule has 25 heavy (non-hydrogen) atoms. The molecule has 0 bridgehead atoms. The molecule has 0 spiro atoms. The monoisotopic (exact) mass is 381 g/mol. The van der Waals surface area contributed by atoms with Gasteiger partial charge in [0.25, 0.3) is 0 Å². The second-order valence-electron chi connectivity index (χ2n) is 5.71. The highest BCUT2D eigenvalue weighted by Gasteiger charge is 2.44. The van der Waals surface area contributed by atoms with Crippen molar-refractivity contribution in [2.45, 2.75) is 17.1 Å². The van der Waals surface area contributed by atoms with E-state index in [1.165, 1.54) is 23.1 Å². The van der Waals surface area contributed by atoms with Crippen molar-refractivity contribution in [3.63, 3.8) is 0 Å². The summed E-state index contributed by atoms with van der Waals surface area (Å²) in [6.45, 7) is 0.501. The van der Waals surface area contributed by atoms with Crippen LogP contribution in [-0.2, 0) is 10.0 Å². The molecule has 140 valence electrons. The Labute approximate surface area is 143 Å². The number of piperazine rings is 1. The molecule has 2 aliphatic rings. The Morgan fingerprint density at radius 2 is 1.88 bits per heavy atom. The van der Waals surface area contributed by atoms with Crippen LogP contribution < -0.4 is 19.5 Å². The SMILES string of the molecule is O=S(=O)(NCC(N1CCNCC1)C(F)(F)F)c1ccc2c(c1)OCO2. The van der Waals surface area contributed by atoms with E-state index in [-0.39, 0.29) is 30.5 Å². The highest BCUT2D eigenvalue weighted by Crippen LogP contribution is 2.34. The minimum atomic E-state index is -4.53. The number of fused-ring (bicyclic) bond motifs is 1. The number of halogens is 3. The zero-order valence-electron chi connectivity index (χ0n) is 13.2.